The number of aryl methyl sites for hydroxylation is 2. The van der Waals surface area contributed by atoms with E-state index in [1.807, 2.05) is 34.4 Å². The smallest absolute Gasteiger partial charge is 0.285 e. The summed E-state index contributed by atoms with van der Waals surface area (Å²) < 4.78 is 41.2. The third-order valence-corrected chi connectivity index (χ3v) is 8.00. The summed E-state index contributed by atoms with van der Waals surface area (Å²) in [4.78, 5) is 47.3. The molecule has 0 aliphatic carbocycles. The van der Waals surface area contributed by atoms with Gasteiger partial charge in [0, 0.05) is 38.8 Å². The molecule has 1 aliphatic heterocycles. The van der Waals surface area contributed by atoms with Crippen LogP contribution in [0.5, 0.6) is 0 Å². The van der Waals surface area contributed by atoms with Gasteiger partial charge in [-0.1, -0.05) is 17.7 Å². The number of hydrogen-bond acceptors (Lipinski definition) is 11. The zero-order valence-corrected chi connectivity index (χ0v) is 26.3. The molecule has 0 saturated carbocycles. The Morgan fingerprint density at radius 2 is 1.75 bits per heavy atom. The summed E-state index contributed by atoms with van der Waals surface area (Å²) in [6.45, 7) is 7.26. The molecule has 232 valence electrons. The Morgan fingerprint density at radius 1 is 1.07 bits per heavy atom. The van der Waals surface area contributed by atoms with Crippen molar-refractivity contribution in [3.05, 3.63) is 74.4 Å². The summed E-state index contributed by atoms with van der Waals surface area (Å²) in [5.41, 5.74) is 1.78. The van der Waals surface area contributed by atoms with Crippen LogP contribution in [0.4, 0.5) is 21.8 Å². The van der Waals surface area contributed by atoms with Crippen molar-refractivity contribution in [3.8, 4) is 0 Å². The highest BCUT2D eigenvalue weighted by Gasteiger charge is 2.26. The first-order valence-corrected chi connectivity index (χ1v) is 15.9. The summed E-state index contributed by atoms with van der Waals surface area (Å²) in [6, 6.07) is 6.17. The molecular weight excluding hydrogens is 613 g/mol. The van der Waals surface area contributed by atoms with Crippen LogP contribution in [0.15, 0.2) is 35.3 Å². The summed E-state index contributed by atoms with van der Waals surface area (Å²) in [7, 11) is -2.19. The van der Waals surface area contributed by atoms with Crippen molar-refractivity contribution < 1.29 is 17.6 Å². The molecule has 44 heavy (non-hydrogen) atoms. The van der Waals surface area contributed by atoms with Crippen molar-refractivity contribution in [2.45, 2.75) is 26.8 Å². The number of nitrogens with zero attached hydrogens (tertiary/aromatic N) is 7. The number of amides is 1. The van der Waals surface area contributed by atoms with Crippen LogP contribution in [0, 0.1) is 19.7 Å². The van der Waals surface area contributed by atoms with Gasteiger partial charge in [-0.05, 0) is 44.5 Å². The quantitative estimate of drug-likeness (QED) is 0.286. The van der Waals surface area contributed by atoms with Crippen LogP contribution in [-0.2, 0) is 17.1 Å². The van der Waals surface area contributed by atoms with Crippen molar-refractivity contribution in [2.75, 3.05) is 47.6 Å². The number of piperazine rings is 1. The third-order valence-electron chi connectivity index (χ3n) is 7.23. The SMILES string of the molecule is Cc1cc([C@@H](C)Nc2ccc(Cl)nc2C(=O)NS(C)(=O)=O)c2nc(N3CCN(c4nc(C)ncc4F)CC3)n(C)c(=O)c2c1. The molecule has 2 N–H and O–H groups in total. The van der Waals surface area contributed by atoms with E-state index in [0.717, 1.165) is 11.8 Å². The van der Waals surface area contributed by atoms with E-state index < -0.39 is 27.8 Å². The molecule has 1 aliphatic rings. The lowest BCUT2D eigenvalue weighted by Gasteiger charge is -2.36. The summed E-state index contributed by atoms with van der Waals surface area (Å²) in [5.74, 6) is -0.249. The fourth-order valence-electron chi connectivity index (χ4n) is 5.19. The average molecular weight is 644 g/mol. The van der Waals surface area contributed by atoms with Gasteiger partial charge in [0.2, 0.25) is 16.0 Å². The number of anilines is 3. The van der Waals surface area contributed by atoms with Crippen LogP contribution in [0.3, 0.4) is 0 Å². The molecule has 4 heterocycles. The number of hydrogen-bond donors (Lipinski definition) is 2. The number of carbonyl (C=O) groups excluding carboxylic acids is 1. The van der Waals surface area contributed by atoms with Gasteiger partial charge in [0.15, 0.2) is 17.3 Å². The van der Waals surface area contributed by atoms with Crippen molar-refractivity contribution in [3.63, 3.8) is 0 Å². The molecule has 4 aromatic rings. The highest BCUT2D eigenvalue weighted by molar-refractivity contribution is 7.89. The van der Waals surface area contributed by atoms with E-state index in [0.29, 0.717) is 54.4 Å². The van der Waals surface area contributed by atoms with Crippen molar-refractivity contribution >= 4 is 55.9 Å². The van der Waals surface area contributed by atoms with E-state index in [1.165, 1.54) is 22.9 Å². The zero-order valence-electron chi connectivity index (χ0n) is 24.7. The molecule has 5 rings (SSSR count). The van der Waals surface area contributed by atoms with Gasteiger partial charge in [-0.2, -0.15) is 0 Å². The van der Waals surface area contributed by atoms with E-state index in [-0.39, 0.29) is 27.9 Å². The molecular formula is C28H31ClFN9O4S. The van der Waals surface area contributed by atoms with E-state index in [9.17, 15) is 22.4 Å². The van der Waals surface area contributed by atoms with Crippen LogP contribution in [0.2, 0.25) is 5.15 Å². The van der Waals surface area contributed by atoms with Crippen molar-refractivity contribution in [1.29, 1.82) is 0 Å². The monoisotopic (exact) mass is 643 g/mol. The predicted octanol–water partition coefficient (Wildman–Crippen LogP) is 2.72. The lowest BCUT2D eigenvalue weighted by Crippen LogP contribution is -2.49. The number of halogens is 2. The lowest BCUT2D eigenvalue weighted by atomic mass is 10.0. The molecule has 16 heteroatoms. The Morgan fingerprint density at radius 3 is 2.43 bits per heavy atom. The second-order valence-corrected chi connectivity index (χ2v) is 12.8. The van der Waals surface area contributed by atoms with E-state index in [2.05, 4.69) is 20.3 Å². The van der Waals surface area contributed by atoms with Crippen molar-refractivity contribution in [1.82, 2.24) is 29.2 Å². The first-order valence-electron chi connectivity index (χ1n) is 13.7. The zero-order chi connectivity index (χ0) is 31.9. The molecule has 3 aromatic heterocycles. The summed E-state index contributed by atoms with van der Waals surface area (Å²) in [6.07, 6.45) is 2.03. The highest BCUT2D eigenvalue weighted by atomic mass is 35.5. The second kappa shape index (κ2) is 12.0. The number of pyridine rings is 1. The van der Waals surface area contributed by atoms with Crippen LogP contribution in [0.1, 0.15) is 40.4 Å². The van der Waals surface area contributed by atoms with Crippen LogP contribution in [0.25, 0.3) is 10.9 Å². The average Bonchev–Trinajstić information content (AvgIpc) is 2.96. The normalized spacial score (nSPS) is 14.5. The molecule has 0 radical (unpaired) electrons. The minimum absolute atomic E-state index is 0.00958. The molecule has 0 spiro atoms. The number of sulfonamides is 1. The van der Waals surface area contributed by atoms with Gasteiger partial charge in [-0.25, -0.2) is 37.5 Å². The molecule has 1 fully saturated rings. The standard InChI is InChI=1S/C28H31ClFN9O4S/c1-15-12-18(16(2)32-21-6-7-22(29)34-24(21)26(40)36-44(5,42)43)23-19(13-15)27(41)37(4)28(35-23)39-10-8-38(9-11-39)25-20(30)14-31-17(3)33-25/h6-7,12-14,16,32H,8-11H2,1-5H3,(H,36,40)/t16-/m1/s1. The van der Waals surface area contributed by atoms with Crippen LogP contribution < -0.4 is 25.4 Å². The number of fused-ring (bicyclic) bond motifs is 1. The molecule has 0 bridgehead atoms. The van der Waals surface area contributed by atoms with Gasteiger partial charge in [-0.3, -0.25) is 14.2 Å². The molecule has 1 saturated heterocycles. The molecule has 0 unspecified atom stereocenters. The van der Waals surface area contributed by atoms with Gasteiger partial charge in [0.25, 0.3) is 11.5 Å². The van der Waals surface area contributed by atoms with Crippen molar-refractivity contribution in [2.24, 2.45) is 7.05 Å². The van der Waals surface area contributed by atoms with Gasteiger partial charge < -0.3 is 15.1 Å². The van der Waals surface area contributed by atoms with Crippen LogP contribution in [-0.4, -0.2) is 71.3 Å². The summed E-state index contributed by atoms with van der Waals surface area (Å²) >= 11 is 6.02. The fourth-order valence-corrected chi connectivity index (χ4v) is 5.77. The Bertz CT molecular complexity index is 1950. The number of rotatable bonds is 7. The topological polar surface area (TPSA) is 155 Å². The van der Waals surface area contributed by atoms with Gasteiger partial charge in [0.05, 0.1) is 35.1 Å². The molecule has 13 nitrogen and oxygen atoms in total. The maximum Gasteiger partial charge on any atom is 0.285 e. The first-order chi connectivity index (χ1) is 20.7. The highest BCUT2D eigenvalue weighted by Crippen LogP contribution is 2.29. The van der Waals surface area contributed by atoms with E-state index >= 15 is 0 Å². The summed E-state index contributed by atoms with van der Waals surface area (Å²) in [5, 5.41) is 3.64. The maximum absolute atomic E-state index is 14.4. The fraction of sp³-hybridized carbons (Fsp3) is 0.357. The number of carbonyl (C=O) groups is 1. The third kappa shape index (κ3) is 6.43. The Hall–Kier alpha value is -4.37. The van der Waals surface area contributed by atoms with Gasteiger partial charge >= 0.3 is 0 Å². The molecule has 1 atom stereocenters. The first kappa shape index (κ1) is 31.1. The lowest BCUT2D eigenvalue weighted by molar-refractivity contribution is 0.0977. The maximum atomic E-state index is 14.4. The number of benzene rings is 1. The second-order valence-electron chi connectivity index (χ2n) is 10.7. The van der Waals surface area contributed by atoms with E-state index in [1.54, 1.807) is 20.0 Å². The predicted molar refractivity (Wildman–Crippen MR) is 166 cm³/mol. The minimum atomic E-state index is -3.85. The van der Waals surface area contributed by atoms with Gasteiger partial charge in [0.1, 0.15) is 11.0 Å². The van der Waals surface area contributed by atoms with E-state index in [4.69, 9.17) is 16.6 Å². The number of aromatic nitrogens is 5. The number of nitrogens with one attached hydrogen (secondary N) is 2. The molecule has 1 aromatic carbocycles. The largest absolute Gasteiger partial charge is 0.377 e. The van der Waals surface area contributed by atoms with Crippen LogP contribution >= 0.6 is 11.6 Å². The Kier molecular flexibility index (Phi) is 8.44. The van der Waals surface area contributed by atoms with Gasteiger partial charge in [-0.15, -0.1) is 0 Å². The Balaban J connectivity index is 1.49. The molecule has 1 amide bonds. The Labute approximate surface area is 258 Å². The minimum Gasteiger partial charge on any atom is -0.377 e.